The van der Waals surface area contributed by atoms with Gasteiger partial charge in [-0.3, -0.25) is 10.1 Å². The summed E-state index contributed by atoms with van der Waals surface area (Å²) in [6.45, 7) is 4.97. The number of aryl methyl sites for hydroxylation is 1. The average molecular weight is 468 g/mol. The number of rotatable bonds is 5. The van der Waals surface area contributed by atoms with E-state index in [0.717, 1.165) is 23.5 Å². The molecule has 3 aromatic rings. The number of fused-ring (bicyclic) bond motifs is 1. The van der Waals surface area contributed by atoms with Crippen molar-refractivity contribution < 1.29 is 32.3 Å². The van der Waals surface area contributed by atoms with Gasteiger partial charge in [0.2, 0.25) is 0 Å². The van der Waals surface area contributed by atoms with E-state index in [9.17, 15) is 27.6 Å². The van der Waals surface area contributed by atoms with Gasteiger partial charge in [0.05, 0.1) is 16.9 Å². The highest BCUT2D eigenvalue weighted by Crippen LogP contribution is 2.34. The van der Waals surface area contributed by atoms with Crippen LogP contribution in [0.1, 0.15) is 34.8 Å². The van der Waals surface area contributed by atoms with Crippen LogP contribution >= 0.6 is 11.3 Å². The molecule has 0 spiro atoms. The second-order valence-corrected chi connectivity index (χ2v) is 7.80. The predicted molar refractivity (Wildman–Crippen MR) is 111 cm³/mol. The SMILES string of the molecule is CCNC(=O)NC(=O)[C@H](C)OC(=O)c1cc2c(C)nn(-c3cccc(C(F)(F)F)c3)c2s1. The predicted octanol–water partition coefficient (Wildman–Crippen LogP) is 3.81. The van der Waals surface area contributed by atoms with Gasteiger partial charge in [0.25, 0.3) is 5.91 Å². The number of carbonyl (C=O) groups excluding carboxylic acids is 3. The van der Waals surface area contributed by atoms with Crippen molar-refractivity contribution in [3.05, 3.63) is 46.5 Å². The molecule has 0 aliphatic heterocycles. The number of benzene rings is 1. The number of nitrogens with one attached hydrogen (secondary N) is 2. The molecular weight excluding hydrogens is 449 g/mol. The van der Waals surface area contributed by atoms with Crippen molar-refractivity contribution in [1.29, 1.82) is 0 Å². The van der Waals surface area contributed by atoms with E-state index in [1.54, 1.807) is 13.8 Å². The van der Waals surface area contributed by atoms with Crippen LogP contribution in [-0.2, 0) is 15.7 Å². The number of nitrogens with zero attached hydrogens (tertiary/aromatic N) is 2. The van der Waals surface area contributed by atoms with Gasteiger partial charge in [-0.2, -0.15) is 18.3 Å². The van der Waals surface area contributed by atoms with Crippen molar-refractivity contribution in [1.82, 2.24) is 20.4 Å². The summed E-state index contributed by atoms with van der Waals surface area (Å²) in [5, 5.41) is 9.28. The third kappa shape index (κ3) is 4.90. The molecule has 0 fully saturated rings. The third-order valence-corrected chi connectivity index (χ3v) is 5.48. The zero-order valence-corrected chi connectivity index (χ0v) is 18.1. The number of hydrogen-bond acceptors (Lipinski definition) is 6. The zero-order chi connectivity index (χ0) is 23.6. The summed E-state index contributed by atoms with van der Waals surface area (Å²) in [5.41, 5.74) is -0.122. The lowest BCUT2D eigenvalue weighted by Crippen LogP contribution is -2.44. The van der Waals surface area contributed by atoms with Crippen LogP contribution in [0.3, 0.4) is 0 Å². The highest BCUT2D eigenvalue weighted by atomic mass is 32.1. The van der Waals surface area contributed by atoms with Gasteiger partial charge >= 0.3 is 18.2 Å². The number of thiophene rings is 1. The molecule has 3 rings (SSSR count). The Morgan fingerprint density at radius 1 is 1.25 bits per heavy atom. The summed E-state index contributed by atoms with van der Waals surface area (Å²) in [6, 6.07) is 5.48. The Hall–Kier alpha value is -3.41. The van der Waals surface area contributed by atoms with E-state index in [-0.39, 0.29) is 10.6 Å². The minimum absolute atomic E-state index is 0.138. The van der Waals surface area contributed by atoms with E-state index in [2.05, 4.69) is 10.4 Å². The quantitative estimate of drug-likeness (QED) is 0.555. The fourth-order valence-corrected chi connectivity index (χ4v) is 3.89. The third-order valence-electron chi connectivity index (χ3n) is 4.39. The number of aromatic nitrogens is 2. The fraction of sp³-hybridized carbons (Fsp3) is 0.300. The molecule has 0 saturated heterocycles. The Labute approximate surface area is 184 Å². The topological polar surface area (TPSA) is 102 Å². The standard InChI is InChI=1S/C20H19F3N4O4S/c1-4-24-19(30)25-16(28)11(3)31-18(29)15-9-14-10(2)26-27(17(14)32-15)13-7-5-6-12(8-13)20(21,22)23/h5-9,11H,4H2,1-3H3,(H2,24,25,28,30)/t11-/m0/s1. The fourth-order valence-electron chi connectivity index (χ4n) is 2.83. The first-order chi connectivity index (χ1) is 15.0. The van der Waals surface area contributed by atoms with Crippen LogP contribution in [-0.4, -0.2) is 40.3 Å². The number of urea groups is 1. The molecule has 1 aromatic carbocycles. The average Bonchev–Trinajstić information content (AvgIpc) is 3.28. The van der Waals surface area contributed by atoms with Crippen molar-refractivity contribution in [3.63, 3.8) is 0 Å². The van der Waals surface area contributed by atoms with Crippen LogP contribution < -0.4 is 10.6 Å². The van der Waals surface area contributed by atoms with Crippen molar-refractivity contribution >= 4 is 39.5 Å². The van der Waals surface area contributed by atoms with Crippen LogP contribution in [0.4, 0.5) is 18.0 Å². The van der Waals surface area contributed by atoms with Crippen LogP contribution in [0.2, 0.25) is 0 Å². The first-order valence-corrected chi connectivity index (χ1v) is 10.3. The van der Waals surface area contributed by atoms with E-state index in [0.29, 0.717) is 22.5 Å². The molecule has 32 heavy (non-hydrogen) atoms. The number of alkyl halides is 3. The van der Waals surface area contributed by atoms with E-state index in [1.165, 1.54) is 29.8 Å². The molecule has 0 aliphatic carbocycles. The molecule has 1 atom stereocenters. The number of ether oxygens (including phenoxy) is 1. The van der Waals surface area contributed by atoms with Crippen molar-refractivity contribution in [3.8, 4) is 5.69 Å². The molecule has 0 unspecified atom stereocenters. The van der Waals surface area contributed by atoms with Gasteiger partial charge in [-0.25, -0.2) is 14.3 Å². The maximum absolute atomic E-state index is 13.1. The summed E-state index contributed by atoms with van der Waals surface area (Å²) in [7, 11) is 0. The van der Waals surface area contributed by atoms with Crippen molar-refractivity contribution in [2.24, 2.45) is 0 Å². The minimum atomic E-state index is -4.51. The lowest BCUT2D eigenvalue weighted by Gasteiger charge is -2.12. The lowest BCUT2D eigenvalue weighted by atomic mass is 10.2. The monoisotopic (exact) mass is 468 g/mol. The maximum atomic E-state index is 13.1. The molecule has 170 valence electrons. The van der Waals surface area contributed by atoms with Gasteiger partial charge in [-0.05, 0) is 45.0 Å². The summed E-state index contributed by atoms with van der Waals surface area (Å²) in [5.74, 6) is -1.60. The molecule has 0 radical (unpaired) electrons. The Kier molecular flexibility index (Phi) is 6.53. The number of hydrogen-bond donors (Lipinski definition) is 2. The molecule has 2 heterocycles. The zero-order valence-electron chi connectivity index (χ0n) is 17.2. The van der Waals surface area contributed by atoms with E-state index < -0.39 is 35.8 Å². The first kappa shape index (κ1) is 23.3. The van der Waals surface area contributed by atoms with E-state index >= 15 is 0 Å². The number of esters is 1. The number of halogens is 3. The Balaban J connectivity index is 1.84. The highest BCUT2D eigenvalue weighted by Gasteiger charge is 2.31. The molecule has 0 bridgehead atoms. The second-order valence-electron chi connectivity index (χ2n) is 6.77. The molecule has 2 N–H and O–H groups in total. The normalized spacial score (nSPS) is 12.4. The lowest BCUT2D eigenvalue weighted by molar-refractivity contribution is -0.137. The summed E-state index contributed by atoms with van der Waals surface area (Å²) >= 11 is 0.970. The molecular formula is C20H19F3N4O4S. The molecule has 3 amide bonds. The van der Waals surface area contributed by atoms with Crippen LogP contribution in [0, 0.1) is 6.92 Å². The Morgan fingerprint density at radius 2 is 1.97 bits per heavy atom. The van der Waals surface area contributed by atoms with E-state index in [1.807, 2.05) is 5.32 Å². The number of imide groups is 1. The second kappa shape index (κ2) is 8.99. The van der Waals surface area contributed by atoms with Crippen LogP contribution in [0.5, 0.6) is 0 Å². The maximum Gasteiger partial charge on any atom is 0.416 e. The summed E-state index contributed by atoms with van der Waals surface area (Å²) in [4.78, 5) is 36.5. The van der Waals surface area contributed by atoms with Crippen molar-refractivity contribution in [2.75, 3.05) is 6.54 Å². The largest absolute Gasteiger partial charge is 0.448 e. The number of amides is 3. The molecule has 0 saturated carbocycles. The first-order valence-electron chi connectivity index (χ1n) is 9.47. The molecule has 12 heteroatoms. The molecule has 0 aliphatic rings. The van der Waals surface area contributed by atoms with Crippen LogP contribution in [0.25, 0.3) is 15.9 Å². The smallest absolute Gasteiger partial charge is 0.416 e. The van der Waals surface area contributed by atoms with Gasteiger partial charge in [0.1, 0.15) is 9.71 Å². The minimum Gasteiger partial charge on any atom is -0.448 e. The van der Waals surface area contributed by atoms with Gasteiger partial charge in [-0.1, -0.05) is 6.07 Å². The van der Waals surface area contributed by atoms with E-state index in [4.69, 9.17) is 4.74 Å². The Morgan fingerprint density at radius 3 is 2.62 bits per heavy atom. The Bertz CT molecular complexity index is 1190. The van der Waals surface area contributed by atoms with Crippen molar-refractivity contribution in [2.45, 2.75) is 33.1 Å². The van der Waals surface area contributed by atoms with Gasteiger partial charge in [0.15, 0.2) is 6.10 Å². The summed E-state index contributed by atoms with van der Waals surface area (Å²) < 4.78 is 45.7. The summed E-state index contributed by atoms with van der Waals surface area (Å²) in [6.07, 6.45) is -5.75. The molecule has 2 aromatic heterocycles. The van der Waals surface area contributed by atoms with Crippen LogP contribution in [0.15, 0.2) is 30.3 Å². The van der Waals surface area contributed by atoms with Gasteiger partial charge in [-0.15, -0.1) is 11.3 Å². The highest BCUT2D eigenvalue weighted by molar-refractivity contribution is 7.20. The van der Waals surface area contributed by atoms with Gasteiger partial charge in [0, 0.05) is 11.9 Å². The molecule has 8 nitrogen and oxygen atoms in total. The number of carbonyl (C=O) groups is 3. The van der Waals surface area contributed by atoms with Gasteiger partial charge < -0.3 is 10.1 Å².